The normalized spacial score (nSPS) is 18.9. The first-order valence-electron chi connectivity index (χ1n) is 6.98. The molecule has 0 radical (unpaired) electrons. The summed E-state index contributed by atoms with van der Waals surface area (Å²) in [5, 5.41) is 0. The van der Waals surface area contributed by atoms with E-state index >= 15 is 0 Å². The van der Waals surface area contributed by atoms with E-state index in [1.165, 1.54) is 4.88 Å². The Labute approximate surface area is 128 Å². The number of carbonyl (C=O) groups is 1. The van der Waals surface area contributed by atoms with E-state index in [1.54, 1.807) is 2.89 Å². The zero-order valence-corrected chi connectivity index (χ0v) is 16.1. The Hall–Kier alpha value is 0.0487. The second-order valence-corrected chi connectivity index (χ2v) is 22.6. The van der Waals surface area contributed by atoms with Gasteiger partial charge in [-0.05, 0) is 0 Å². The quantitative estimate of drug-likeness (QED) is 0.535. The van der Waals surface area contributed by atoms with E-state index in [2.05, 4.69) is 27.0 Å². The summed E-state index contributed by atoms with van der Waals surface area (Å²) in [5.74, 6) is 0. The van der Waals surface area contributed by atoms with Gasteiger partial charge in [-0.25, -0.2) is 0 Å². The summed E-state index contributed by atoms with van der Waals surface area (Å²) in [6.45, 7) is 3.40. The molecule has 2 heterocycles. The Morgan fingerprint density at radius 2 is 2.10 bits per heavy atom. The summed E-state index contributed by atoms with van der Waals surface area (Å²) in [5.41, 5.74) is 0. The van der Waals surface area contributed by atoms with Crippen LogP contribution in [0.25, 0.3) is 0 Å². The predicted octanol–water partition coefficient (Wildman–Crippen LogP) is 1.67. The topological polar surface area (TPSA) is 38.8 Å². The number of nitrogens with zero attached hydrogens (tertiary/aromatic N) is 1. The Balaban J connectivity index is 1.89. The number of morpholine rings is 1. The number of hydrogen-bond donors (Lipinski definition) is 0. The molecule has 20 heavy (non-hydrogen) atoms. The van der Waals surface area contributed by atoms with Gasteiger partial charge in [0, 0.05) is 0 Å². The molecular weight excluding hydrogens is 381 g/mol. The first kappa shape index (κ1) is 16.4. The molecule has 0 aromatic carbocycles. The van der Waals surface area contributed by atoms with Gasteiger partial charge in [-0.1, -0.05) is 0 Å². The molecule has 1 aliphatic rings. The van der Waals surface area contributed by atoms with Gasteiger partial charge in [0.15, 0.2) is 0 Å². The summed E-state index contributed by atoms with van der Waals surface area (Å²) in [6.07, 6.45) is 0.450. The summed E-state index contributed by atoms with van der Waals surface area (Å²) >= 11 is -0.115. The Kier molecular flexibility index (Phi) is 6.04. The van der Waals surface area contributed by atoms with Crippen LogP contribution in [0.2, 0.25) is 14.8 Å². The Bertz CT molecular complexity index is 438. The molecule has 4 nitrogen and oxygen atoms in total. The zero-order chi connectivity index (χ0) is 14.6. The van der Waals surface area contributed by atoms with Gasteiger partial charge < -0.3 is 0 Å². The van der Waals surface area contributed by atoms with Gasteiger partial charge in [-0.2, -0.15) is 0 Å². The van der Waals surface area contributed by atoms with Crippen LogP contribution in [0.4, 0.5) is 0 Å². The number of hydrogen-bond acceptors (Lipinski definition) is 5. The minimum atomic E-state index is -1.96. The molecule has 0 amide bonds. The first-order chi connectivity index (χ1) is 9.50. The molecule has 0 spiro atoms. The van der Waals surface area contributed by atoms with E-state index in [0.29, 0.717) is 19.8 Å². The average Bonchev–Trinajstić information content (AvgIpc) is 2.89. The molecule has 1 unspecified atom stereocenters. The molecular formula is C14H23NO3SSn. The van der Waals surface area contributed by atoms with E-state index in [-0.39, 0.29) is 0 Å². The summed E-state index contributed by atoms with van der Waals surface area (Å²) in [4.78, 5) is 21.7. The van der Waals surface area contributed by atoms with Crippen LogP contribution in [0, 0.1) is 0 Å². The SMILES string of the molecule is [CH3][Sn]([CH3])([CH3])[c]1ccc(COC(C=O)N2CCOCC2)s1. The molecule has 6 heteroatoms. The van der Waals surface area contributed by atoms with Crippen LogP contribution in [0.15, 0.2) is 12.1 Å². The van der Waals surface area contributed by atoms with Crippen LogP contribution in [0.3, 0.4) is 0 Å². The third kappa shape index (κ3) is 4.53. The maximum atomic E-state index is 11.2. The van der Waals surface area contributed by atoms with Gasteiger partial charge >= 0.3 is 129 Å². The molecule has 0 N–H and O–H groups in total. The van der Waals surface area contributed by atoms with Crippen molar-refractivity contribution < 1.29 is 14.3 Å². The van der Waals surface area contributed by atoms with E-state index in [9.17, 15) is 4.79 Å². The number of aldehydes is 1. The van der Waals surface area contributed by atoms with Crippen LogP contribution in [-0.4, -0.2) is 62.1 Å². The maximum absolute atomic E-state index is 11.2. The van der Waals surface area contributed by atoms with Crippen molar-refractivity contribution in [2.24, 2.45) is 0 Å². The summed E-state index contributed by atoms with van der Waals surface area (Å²) in [7, 11) is 0. The van der Waals surface area contributed by atoms with Crippen molar-refractivity contribution in [3.8, 4) is 0 Å². The fourth-order valence-corrected chi connectivity index (χ4v) is 8.49. The third-order valence-electron chi connectivity index (χ3n) is 3.32. The van der Waals surface area contributed by atoms with Gasteiger partial charge in [0.25, 0.3) is 0 Å². The van der Waals surface area contributed by atoms with Crippen LogP contribution in [-0.2, 0) is 20.9 Å². The van der Waals surface area contributed by atoms with Crippen molar-refractivity contribution in [1.29, 1.82) is 0 Å². The molecule has 1 saturated heterocycles. The molecule has 0 bridgehead atoms. The zero-order valence-electron chi connectivity index (χ0n) is 12.4. The number of rotatable bonds is 6. The van der Waals surface area contributed by atoms with Crippen LogP contribution < -0.4 is 2.89 Å². The molecule has 1 aliphatic heterocycles. The molecule has 2 rings (SSSR count). The van der Waals surface area contributed by atoms with Crippen molar-refractivity contribution in [3.05, 3.63) is 17.0 Å². The van der Waals surface area contributed by atoms with Crippen LogP contribution in [0.5, 0.6) is 0 Å². The first-order valence-corrected chi connectivity index (χ1v) is 17.8. The fourth-order valence-electron chi connectivity index (χ4n) is 2.09. The molecule has 1 fully saturated rings. The van der Waals surface area contributed by atoms with Crippen LogP contribution in [0.1, 0.15) is 4.88 Å². The molecule has 1 aromatic rings. The van der Waals surface area contributed by atoms with Gasteiger partial charge in [0.05, 0.1) is 0 Å². The van der Waals surface area contributed by atoms with Crippen molar-refractivity contribution in [2.75, 3.05) is 26.3 Å². The standard InChI is InChI=1S/C11H14NO3S.3CH3.Sn/c13-8-11(12-3-5-14-6-4-12)15-9-10-2-1-7-16-10;;;;/h1-2,8,11H,3-6,9H2;3*1H3;. The van der Waals surface area contributed by atoms with Crippen molar-refractivity contribution in [3.63, 3.8) is 0 Å². The molecule has 1 aromatic heterocycles. The monoisotopic (exact) mass is 405 g/mol. The molecule has 0 saturated carbocycles. The molecule has 112 valence electrons. The van der Waals surface area contributed by atoms with E-state index < -0.39 is 24.6 Å². The third-order valence-corrected chi connectivity index (χ3v) is 13.9. The number of thiophene rings is 1. The van der Waals surface area contributed by atoms with E-state index in [0.717, 1.165) is 19.4 Å². The fraction of sp³-hybridized carbons (Fsp3) is 0.643. The number of carbonyl (C=O) groups excluding carboxylic acids is 1. The average molecular weight is 404 g/mol. The second-order valence-electron chi connectivity index (χ2n) is 6.00. The Morgan fingerprint density at radius 1 is 1.40 bits per heavy atom. The van der Waals surface area contributed by atoms with Gasteiger partial charge in [-0.3, -0.25) is 0 Å². The number of ether oxygens (including phenoxy) is 2. The molecule has 1 atom stereocenters. The van der Waals surface area contributed by atoms with Gasteiger partial charge in [-0.15, -0.1) is 0 Å². The summed E-state index contributed by atoms with van der Waals surface area (Å²) < 4.78 is 12.6. The predicted molar refractivity (Wildman–Crippen MR) is 84.3 cm³/mol. The second kappa shape index (κ2) is 7.35. The Morgan fingerprint density at radius 3 is 2.65 bits per heavy atom. The van der Waals surface area contributed by atoms with Crippen molar-refractivity contribution in [2.45, 2.75) is 27.7 Å². The van der Waals surface area contributed by atoms with Gasteiger partial charge in [0.1, 0.15) is 0 Å². The summed E-state index contributed by atoms with van der Waals surface area (Å²) in [6, 6.07) is 4.38. The van der Waals surface area contributed by atoms with Crippen molar-refractivity contribution in [1.82, 2.24) is 4.90 Å². The molecule has 0 aliphatic carbocycles. The van der Waals surface area contributed by atoms with Crippen LogP contribution >= 0.6 is 11.3 Å². The minimum absolute atomic E-state index is 0.442. The van der Waals surface area contributed by atoms with Gasteiger partial charge in [0.2, 0.25) is 0 Å². The van der Waals surface area contributed by atoms with E-state index in [1.807, 2.05) is 16.2 Å². The van der Waals surface area contributed by atoms with Crippen molar-refractivity contribution >= 4 is 38.9 Å². The van der Waals surface area contributed by atoms with E-state index in [4.69, 9.17) is 9.47 Å².